The van der Waals surface area contributed by atoms with Gasteiger partial charge in [0, 0.05) is 0 Å². The van der Waals surface area contributed by atoms with E-state index in [2.05, 4.69) is 0 Å². The molecule has 2 aliphatic carbocycles. The van der Waals surface area contributed by atoms with Gasteiger partial charge in [-0.15, -0.1) is 0 Å². The van der Waals surface area contributed by atoms with E-state index in [4.69, 9.17) is 9.47 Å². The van der Waals surface area contributed by atoms with E-state index >= 15 is 0 Å². The topological polar surface area (TPSA) is 52.6 Å². The number of esters is 2. The standard InChI is InChI=1S/C9H10O4/c10-7-8(11)13-9-2-1-5(4-9)3-6(9)12-7/h5-6H,1-4H2. The van der Waals surface area contributed by atoms with Gasteiger partial charge in [-0.25, -0.2) is 9.59 Å². The molecular weight excluding hydrogens is 172 g/mol. The Morgan fingerprint density at radius 2 is 2.15 bits per heavy atom. The number of fused-ring (bicyclic) bond motifs is 1. The zero-order valence-corrected chi connectivity index (χ0v) is 7.12. The van der Waals surface area contributed by atoms with Crippen LogP contribution in [0.1, 0.15) is 25.7 Å². The van der Waals surface area contributed by atoms with Crippen LogP contribution in [0.25, 0.3) is 0 Å². The molecule has 70 valence electrons. The normalized spacial score (nSPS) is 47.1. The number of hydrogen-bond acceptors (Lipinski definition) is 4. The van der Waals surface area contributed by atoms with Gasteiger partial charge < -0.3 is 9.47 Å². The summed E-state index contributed by atoms with van der Waals surface area (Å²) >= 11 is 0. The van der Waals surface area contributed by atoms with Gasteiger partial charge in [0.1, 0.15) is 11.7 Å². The highest BCUT2D eigenvalue weighted by atomic mass is 16.7. The van der Waals surface area contributed by atoms with Gasteiger partial charge in [-0.1, -0.05) is 0 Å². The molecule has 0 radical (unpaired) electrons. The summed E-state index contributed by atoms with van der Waals surface area (Å²) in [7, 11) is 0. The third kappa shape index (κ3) is 0.806. The Kier molecular flexibility index (Phi) is 1.16. The molecular formula is C9H10O4. The van der Waals surface area contributed by atoms with Crippen LogP contribution in [0.5, 0.6) is 0 Å². The zero-order valence-electron chi connectivity index (χ0n) is 7.12. The molecule has 0 aromatic heterocycles. The fraction of sp³-hybridized carbons (Fsp3) is 0.778. The van der Waals surface area contributed by atoms with Crippen molar-refractivity contribution < 1.29 is 19.1 Å². The van der Waals surface area contributed by atoms with Gasteiger partial charge in [0.2, 0.25) is 0 Å². The van der Waals surface area contributed by atoms with Crippen molar-refractivity contribution in [3.8, 4) is 0 Å². The number of hydrogen-bond donors (Lipinski definition) is 0. The fourth-order valence-electron chi connectivity index (χ4n) is 2.87. The van der Waals surface area contributed by atoms with Crippen LogP contribution in [-0.4, -0.2) is 23.6 Å². The minimum Gasteiger partial charge on any atom is -0.450 e. The van der Waals surface area contributed by atoms with Gasteiger partial charge in [0.15, 0.2) is 0 Å². The number of ether oxygens (including phenoxy) is 2. The summed E-state index contributed by atoms with van der Waals surface area (Å²) < 4.78 is 10.2. The summed E-state index contributed by atoms with van der Waals surface area (Å²) in [5.74, 6) is -1.04. The first-order valence-corrected chi connectivity index (χ1v) is 4.64. The molecule has 0 amide bonds. The molecule has 1 saturated heterocycles. The van der Waals surface area contributed by atoms with Crippen molar-refractivity contribution in [2.45, 2.75) is 37.4 Å². The van der Waals surface area contributed by atoms with Crippen LogP contribution in [0.2, 0.25) is 0 Å². The second kappa shape index (κ2) is 2.05. The van der Waals surface area contributed by atoms with Gasteiger partial charge in [-0.05, 0) is 31.6 Å². The molecule has 0 aromatic rings. The molecule has 1 spiro atoms. The molecule has 4 nitrogen and oxygen atoms in total. The van der Waals surface area contributed by atoms with E-state index < -0.39 is 17.5 Å². The molecule has 2 saturated carbocycles. The van der Waals surface area contributed by atoms with E-state index in [0.717, 1.165) is 25.7 Å². The first-order chi connectivity index (χ1) is 6.20. The fourth-order valence-corrected chi connectivity index (χ4v) is 2.87. The van der Waals surface area contributed by atoms with Crippen molar-refractivity contribution in [3.63, 3.8) is 0 Å². The Hall–Kier alpha value is -1.06. The minimum atomic E-state index is -0.817. The average Bonchev–Trinajstić information content (AvgIpc) is 2.60. The average molecular weight is 182 g/mol. The van der Waals surface area contributed by atoms with E-state index in [1.165, 1.54) is 0 Å². The predicted octanol–water partition coefficient (Wildman–Crippen LogP) is 0.398. The lowest BCUT2D eigenvalue weighted by Crippen LogP contribution is -2.51. The second-order valence-electron chi connectivity index (χ2n) is 4.19. The van der Waals surface area contributed by atoms with Gasteiger partial charge in [0.05, 0.1) is 0 Å². The van der Waals surface area contributed by atoms with Crippen LogP contribution in [0, 0.1) is 5.92 Å². The summed E-state index contributed by atoms with van der Waals surface area (Å²) in [4.78, 5) is 21.9. The van der Waals surface area contributed by atoms with Crippen LogP contribution >= 0.6 is 0 Å². The van der Waals surface area contributed by atoms with E-state index in [-0.39, 0.29) is 6.10 Å². The van der Waals surface area contributed by atoms with Crippen LogP contribution < -0.4 is 0 Å². The largest absolute Gasteiger partial charge is 0.450 e. The van der Waals surface area contributed by atoms with Crippen molar-refractivity contribution in [2.24, 2.45) is 5.92 Å². The zero-order chi connectivity index (χ0) is 9.05. The van der Waals surface area contributed by atoms with Gasteiger partial charge >= 0.3 is 11.9 Å². The van der Waals surface area contributed by atoms with E-state index in [1.54, 1.807) is 0 Å². The molecule has 3 rings (SSSR count). The second-order valence-corrected chi connectivity index (χ2v) is 4.19. The highest BCUT2D eigenvalue weighted by Gasteiger charge is 2.60. The molecule has 4 heteroatoms. The van der Waals surface area contributed by atoms with Crippen LogP contribution in [0.3, 0.4) is 0 Å². The Morgan fingerprint density at radius 1 is 1.31 bits per heavy atom. The molecule has 3 fully saturated rings. The molecule has 0 aromatic carbocycles. The van der Waals surface area contributed by atoms with Crippen molar-refractivity contribution in [2.75, 3.05) is 0 Å². The summed E-state index contributed by atoms with van der Waals surface area (Å²) in [6.45, 7) is 0. The van der Waals surface area contributed by atoms with E-state index in [9.17, 15) is 9.59 Å². The van der Waals surface area contributed by atoms with Crippen LogP contribution in [-0.2, 0) is 19.1 Å². The molecule has 1 aliphatic heterocycles. The molecule has 2 bridgehead atoms. The van der Waals surface area contributed by atoms with Crippen molar-refractivity contribution in [3.05, 3.63) is 0 Å². The summed E-state index contributed by atoms with van der Waals surface area (Å²) in [5.41, 5.74) is -0.435. The smallest absolute Gasteiger partial charge is 0.418 e. The Balaban J connectivity index is 1.95. The van der Waals surface area contributed by atoms with Crippen LogP contribution in [0.4, 0.5) is 0 Å². The van der Waals surface area contributed by atoms with Crippen molar-refractivity contribution in [1.29, 1.82) is 0 Å². The number of carbonyl (C=O) groups excluding carboxylic acids is 2. The molecule has 3 aliphatic rings. The lowest BCUT2D eigenvalue weighted by atomic mass is 9.93. The van der Waals surface area contributed by atoms with Crippen molar-refractivity contribution >= 4 is 11.9 Å². The first kappa shape index (κ1) is 7.35. The third-order valence-electron chi connectivity index (χ3n) is 3.46. The summed E-state index contributed by atoms with van der Waals surface area (Å²) in [6.07, 6.45) is 3.56. The molecule has 3 atom stereocenters. The maximum Gasteiger partial charge on any atom is 0.418 e. The lowest BCUT2D eigenvalue weighted by Gasteiger charge is -2.36. The van der Waals surface area contributed by atoms with E-state index in [1.807, 2.05) is 0 Å². The van der Waals surface area contributed by atoms with Gasteiger partial charge in [-0.3, -0.25) is 0 Å². The lowest BCUT2D eigenvalue weighted by molar-refractivity contribution is -0.209. The maximum absolute atomic E-state index is 11.0. The summed E-state index contributed by atoms with van der Waals surface area (Å²) in [6, 6.07) is 0. The Morgan fingerprint density at radius 3 is 2.92 bits per heavy atom. The highest BCUT2D eigenvalue weighted by molar-refractivity contribution is 6.30. The van der Waals surface area contributed by atoms with Gasteiger partial charge in [0.25, 0.3) is 0 Å². The number of carbonyl (C=O) groups is 2. The number of rotatable bonds is 0. The first-order valence-electron chi connectivity index (χ1n) is 4.64. The Labute approximate surface area is 75.2 Å². The highest BCUT2D eigenvalue weighted by Crippen LogP contribution is 2.52. The SMILES string of the molecule is O=C1OC2CC3CCC2(C3)OC1=O. The minimum absolute atomic E-state index is 0.156. The van der Waals surface area contributed by atoms with Gasteiger partial charge in [-0.2, -0.15) is 0 Å². The maximum atomic E-state index is 11.0. The molecule has 13 heavy (non-hydrogen) atoms. The summed E-state index contributed by atoms with van der Waals surface area (Å²) in [5, 5.41) is 0. The predicted molar refractivity (Wildman–Crippen MR) is 40.7 cm³/mol. The quantitative estimate of drug-likeness (QED) is 0.402. The molecule has 0 N–H and O–H groups in total. The molecule has 3 unspecified atom stereocenters. The van der Waals surface area contributed by atoms with E-state index in [0.29, 0.717) is 5.92 Å². The van der Waals surface area contributed by atoms with Crippen LogP contribution in [0.15, 0.2) is 0 Å². The monoisotopic (exact) mass is 182 g/mol. The third-order valence-corrected chi connectivity index (χ3v) is 3.46. The Bertz CT molecular complexity index is 298. The molecule has 1 heterocycles. The van der Waals surface area contributed by atoms with Crippen molar-refractivity contribution in [1.82, 2.24) is 0 Å².